The number of cyclic esters (lactones) is 1. The molecule has 0 aromatic heterocycles. The Morgan fingerprint density at radius 1 is 1.63 bits per heavy atom. The van der Waals surface area contributed by atoms with Crippen molar-refractivity contribution in [1.82, 2.24) is 0 Å². The molecule has 1 rings (SSSR count). The van der Waals surface area contributed by atoms with Gasteiger partial charge in [-0.1, -0.05) is 25.1 Å². The Hall–Kier alpha value is -1.24. The van der Waals surface area contributed by atoms with Crippen LogP contribution in [0.4, 0.5) is 0 Å². The highest BCUT2D eigenvalue weighted by molar-refractivity contribution is 8.13. The maximum Gasteiger partial charge on any atom is 0.323 e. The summed E-state index contributed by atoms with van der Waals surface area (Å²) in [4.78, 5) is 24.1. The van der Waals surface area contributed by atoms with E-state index in [0.717, 1.165) is 11.8 Å². The molecular weight excluding hydrogens is 268 g/mol. The van der Waals surface area contributed by atoms with Gasteiger partial charge in [-0.05, 0) is 13.3 Å². The average molecular weight is 288 g/mol. The van der Waals surface area contributed by atoms with Gasteiger partial charge in [0.05, 0.1) is 6.61 Å². The summed E-state index contributed by atoms with van der Waals surface area (Å²) < 4.78 is 10.2. The second-order valence-corrected chi connectivity index (χ2v) is 5.52. The first-order chi connectivity index (χ1) is 8.96. The number of hydrogen-bond acceptors (Lipinski definition) is 6. The lowest BCUT2D eigenvalue weighted by Gasteiger charge is -2.21. The van der Waals surface area contributed by atoms with Crippen LogP contribution in [0.25, 0.3) is 0 Å². The molecule has 19 heavy (non-hydrogen) atoms. The second-order valence-electron chi connectivity index (χ2n) is 4.46. The molecule has 1 aliphatic rings. The normalized spacial score (nSPS) is 26.0. The fourth-order valence-corrected chi connectivity index (χ4v) is 2.77. The zero-order chi connectivity index (χ0) is 14.5. The molecule has 0 aromatic rings. The summed E-state index contributed by atoms with van der Waals surface area (Å²) in [6.07, 6.45) is 1.03. The molecule has 0 unspecified atom stereocenters. The van der Waals surface area contributed by atoms with Crippen molar-refractivity contribution >= 4 is 28.9 Å². The van der Waals surface area contributed by atoms with Gasteiger partial charge >= 0.3 is 11.9 Å². The molecule has 0 spiro atoms. The molecule has 2 atom stereocenters. The van der Waals surface area contributed by atoms with E-state index >= 15 is 0 Å². The monoisotopic (exact) mass is 288 g/mol. The minimum absolute atomic E-state index is 0.0276. The van der Waals surface area contributed by atoms with E-state index in [2.05, 4.69) is 0 Å². The van der Waals surface area contributed by atoms with Crippen LogP contribution in [0, 0.1) is 10.8 Å². The first kappa shape index (κ1) is 15.8. The second kappa shape index (κ2) is 6.79. The lowest BCUT2D eigenvalue weighted by molar-refractivity contribution is -0.165. The molecule has 0 amide bonds. The van der Waals surface area contributed by atoms with Gasteiger partial charge in [0.1, 0.15) is 6.10 Å². The van der Waals surface area contributed by atoms with Gasteiger partial charge in [0, 0.05) is 12.2 Å². The molecule has 0 saturated carbocycles. The van der Waals surface area contributed by atoms with Gasteiger partial charge in [-0.25, -0.2) is 0 Å². The van der Waals surface area contributed by atoms with Crippen LogP contribution in [0.1, 0.15) is 33.1 Å². The Morgan fingerprint density at radius 2 is 2.32 bits per heavy atom. The van der Waals surface area contributed by atoms with Crippen molar-refractivity contribution in [2.24, 2.45) is 11.1 Å². The van der Waals surface area contributed by atoms with Crippen molar-refractivity contribution in [2.75, 3.05) is 12.4 Å². The van der Waals surface area contributed by atoms with Crippen LogP contribution in [-0.2, 0) is 19.1 Å². The Bertz CT molecular complexity index is 375. The summed E-state index contributed by atoms with van der Waals surface area (Å²) >= 11 is 1.11. The van der Waals surface area contributed by atoms with Gasteiger partial charge in [-0.15, -0.1) is 0 Å². The van der Waals surface area contributed by atoms with Crippen LogP contribution in [-0.4, -0.2) is 35.6 Å². The van der Waals surface area contributed by atoms with E-state index in [-0.39, 0.29) is 11.8 Å². The molecule has 0 radical (unpaired) electrons. The van der Waals surface area contributed by atoms with E-state index in [1.807, 2.05) is 6.92 Å². The fourth-order valence-electron chi connectivity index (χ4n) is 2.22. The Kier molecular flexibility index (Phi) is 5.65. The number of nitrogens with two attached hydrogens (primary N) is 1. The predicted molar refractivity (Wildman–Crippen MR) is 72.8 cm³/mol. The van der Waals surface area contributed by atoms with Crippen LogP contribution < -0.4 is 5.73 Å². The van der Waals surface area contributed by atoms with Crippen molar-refractivity contribution in [1.29, 1.82) is 5.41 Å². The Labute approximate surface area is 116 Å². The zero-order valence-electron chi connectivity index (χ0n) is 11.2. The molecule has 0 aromatic carbocycles. The molecule has 0 bridgehead atoms. The van der Waals surface area contributed by atoms with Gasteiger partial charge in [0.25, 0.3) is 0 Å². The van der Waals surface area contributed by atoms with E-state index in [1.54, 1.807) is 6.92 Å². The fraction of sp³-hybridized carbons (Fsp3) is 0.750. The number of thioether (sulfide) groups is 1. The van der Waals surface area contributed by atoms with E-state index in [4.69, 9.17) is 20.6 Å². The third-order valence-corrected chi connectivity index (χ3v) is 3.86. The van der Waals surface area contributed by atoms with Gasteiger partial charge in [0.2, 0.25) is 0 Å². The molecule has 0 aliphatic carbocycles. The summed E-state index contributed by atoms with van der Waals surface area (Å²) in [6, 6.07) is 0. The minimum Gasteiger partial charge on any atom is -0.465 e. The third-order valence-electron chi connectivity index (χ3n) is 3.01. The van der Waals surface area contributed by atoms with E-state index < -0.39 is 23.5 Å². The Balaban J connectivity index is 2.78. The van der Waals surface area contributed by atoms with Crippen molar-refractivity contribution in [3.05, 3.63) is 0 Å². The minimum atomic E-state index is -1.17. The number of ether oxygens (including phenoxy) is 2. The molecule has 3 N–H and O–H groups in total. The lowest BCUT2D eigenvalue weighted by Crippen LogP contribution is -2.37. The van der Waals surface area contributed by atoms with E-state index in [9.17, 15) is 9.59 Å². The summed E-state index contributed by atoms with van der Waals surface area (Å²) in [5.74, 6) is -0.620. The molecule has 1 aliphatic heterocycles. The molecular formula is C12H20N2O4S. The first-order valence-electron chi connectivity index (χ1n) is 6.31. The highest BCUT2D eigenvalue weighted by Crippen LogP contribution is 2.40. The summed E-state index contributed by atoms with van der Waals surface area (Å²) in [5.41, 5.74) is 4.08. The van der Waals surface area contributed by atoms with Crippen molar-refractivity contribution in [3.8, 4) is 0 Å². The summed E-state index contributed by atoms with van der Waals surface area (Å²) in [7, 11) is 0. The number of carbonyl (C=O) groups excluding carboxylic acids is 2. The first-order valence-corrected chi connectivity index (χ1v) is 7.30. The van der Waals surface area contributed by atoms with Gasteiger partial charge in [-0.2, -0.15) is 0 Å². The number of nitrogens with one attached hydrogen (secondary N) is 1. The van der Waals surface area contributed by atoms with Gasteiger partial charge in [0.15, 0.2) is 10.6 Å². The average Bonchev–Trinajstić information content (AvgIpc) is 2.66. The van der Waals surface area contributed by atoms with Crippen molar-refractivity contribution in [3.63, 3.8) is 0 Å². The van der Waals surface area contributed by atoms with Gasteiger partial charge in [-0.3, -0.25) is 15.0 Å². The van der Waals surface area contributed by atoms with Crippen molar-refractivity contribution in [2.45, 2.75) is 39.2 Å². The van der Waals surface area contributed by atoms with Crippen LogP contribution >= 0.6 is 11.8 Å². The summed E-state index contributed by atoms with van der Waals surface area (Å²) in [5, 5.41) is 7.12. The number of hydrogen-bond donors (Lipinski definition) is 2. The standard InChI is InChI=1S/C12H20N2O4S/c1-3-5-12(9(15)17-4-2)6-8(18-10(12)16)7-19-11(13)14/h8H,3-7H2,1-2H3,(H3,13,14)/t8-,12+/m0/s1. The van der Waals surface area contributed by atoms with Crippen LogP contribution in [0.15, 0.2) is 0 Å². The maximum atomic E-state index is 12.1. The number of amidine groups is 1. The molecule has 108 valence electrons. The largest absolute Gasteiger partial charge is 0.465 e. The third kappa shape index (κ3) is 3.62. The smallest absolute Gasteiger partial charge is 0.323 e. The predicted octanol–water partition coefficient (Wildman–Crippen LogP) is 1.28. The van der Waals surface area contributed by atoms with Crippen LogP contribution in [0.3, 0.4) is 0 Å². The van der Waals surface area contributed by atoms with E-state index in [0.29, 0.717) is 25.0 Å². The number of rotatable bonds is 6. The molecule has 1 saturated heterocycles. The number of esters is 2. The SMILES string of the molecule is CCC[C@]1(C(=O)OCC)C[C@@H](CSC(=N)N)OC1=O. The quantitative estimate of drug-likeness (QED) is 0.330. The van der Waals surface area contributed by atoms with Crippen LogP contribution in [0.5, 0.6) is 0 Å². The highest BCUT2D eigenvalue weighted by Gasteiger charge is 2.55. The van der Waals surface area contributed by atoms with Crippen molar-refractivity contribution < 1.29 is 19.1 Å². The maximum absolute atomic E-state index is 12.1. The van der Waals surface area contributed by atoms with E-state index in [1.165, 1.54) is 0 Å². The molecule has 1 heterocycles. The molecule has 6 nitrogen and oxygen atoms in total. The summed E-state index contributed by atoms with van der Waals surface area (Å²) in [6.45, 7) is 3.86. The molecule has 1 fully saturated rings. The molecule has 7 heteroatoms. The van der Waals surface area contributed by atoms with Gasteiger partial charge < -0.3 is 15.2 Å². The number of carbonyl (C=O) groups is 2. The lowest BCUT2D eigenvalue weighted by atomic mass is 9.80. The van der Waals surface area contributed by atoms with Crippen LogP contribution in [0.2, 0.25) is 0 Å². The zero-order valence-corrected chi connectivity index (χ0v) is 12.0. The highest BCUT2D eigenvalue weighted by atomic mass is 32.2. The topological polar surface area (TPSA) is 102 Å². The Morgan fingerprint density at radius 3 is 2.84 bits per heavy atom.